The Morgan fingerprint density at radius 1 is 1.30 bits per heavy atom. The first-order valence-electron chi connectivity index (χ1n) is 5.70. The van der Waals surface area contributed by atoms with Crippen LogP contribution in [0.25, 0.3) is 0 Å². The van der Waals surface area contributed by atoms with Crippen molar-refractivity contribution in [2.24, 2.45) is 0 Å². The SMILES string of the molecule is CN(C)C(=O)c1ccc(NC(CC(=O)O)C(=O)O)nc1. The Morgan fingerprint density at radius 3 is 2.35 bits per heavy atom. The summed E-state index contributed by atoms with van der Waals surface area (Å²) in [4.78, 5) is 38.3. The van der Waals surface area contributed by atoms with Gasteiger partial charge >= 0.3 is 11.9 Å². The van der Waals surface area contributed by atoms with E-state index in [4.69, 9.17) is 10.2 Å². The van der Waals surface area contributed by atoms with Gasteiger partial charge in [0.2, 0.25) is 0 Å². The van der Waals surface area contributed by atoms with E-state index in [9.17, 15) is 14.4 Å². The molecule has 0 saturated carbocycles. The minimum absolute atomic E-state index is 0.189. The van der Waals surface area contributed by atoms with Gasteiger partial charge in [0, 0.05) is 20.3 Å². The molecule has 0 fully saturated rings. The molecule has 8 nitrogen and oxygen atoms in total. The lowest BCUT2D eigenvalue weighted by atomic mass is 10.2. The quantitative estimate of drug-likeness (QED) is 0.677. The fraction of sp³-hybridized carbons (Fsp3) is 0.333. The predicted molar refractivity (Wildman–Crippen MR) is 69.6 cm³/mol. The molecule has 1 heterocycles. The molecule has 1 aromatic rings. The van der Waals surface area contributed by atoms with Crippen LogP contribution >= 0.6 is 0 Å². The molecule has 1 aromatic heterocycles. The smallest absolute Gasteiger partial charge is 0.326 e. The Hall–Kier alpha value is -2.64. The lowest BCUT2D eigenvalue weighted by Crippen LogP contribution is -2.32. The Balaban J connectivity index is 2.80. The van der Waals surface area contributed by atoms with Gasteiger partial charge < -0.3 is 20.4 Å². The number of aliphatic carboxylic acids is 2. The predicted octanol–water partition coefficient (Wildman–Crippen LogP) is 0.123. The normalized spacial score (nSPS) is 11.5. The van der Waals surface area contributed by atoms with Crippen LogP contribution in [-0.4, -0.2) is 58.1 Å². The van der Waals surface area contributed by atoms with Crippen LogP contribution < -0.4 is 5.32 Å². The number of carbonyl (C=O) groups is 3. The molecule has 0 aromatic carbocycles. The largest absolute Gasteiger partial charge is 0.481 e. The van der Waals surface area contributed by atoms with Gasteiger partial charge in [-0.2, -0.15) is 0 Å². The van der Waals surface area contributed by atoms with E-state index in [-0.39, 0.29) is 11.7 Å². The highest BCUT2D eigenvalue weighted by atomic mass is 16.4. The zero-order valence-corrected chi connectivity index (χ0v) is 11.0. The number of amides is 1. The van der Waals surface area contributed by atoms with Crippen molar-refractivity contribution in [3.63, 3.8) is 0 Å². The fourth-order valence-corrected chi connectivity index (χ4v) is 1.42. The van der Waals surface area contributed by atoms with Gasteiger partial charge in [0.25, 0.3) is 5.91 Å². The van der Waals surface area contributed by atoms with E-state index in [1.165, 1.54) is 23.2 Å². The molecule has 8 heteroatoms. The molecular weight excluding hydrogens is 266 g/mol. The molecule has 0 radical (unpaired) electrons. The maximum Gasteiger partial charge on any atom is 0.326 e. The van der Waals surface area contributed by atoms with E-state index >= 15 is 0 Å². The highest BCUT2D eigenvalue weighted by Crippen LogP contribution is 2.09. The van der Waals surface area contributed by atoms with Gasteiger partial charge in [0.1, 0.15) is 11.9 Å². The molecule has 0 aliphatic carbocycles. The number of hydrogen-bond donors (Lipinski definition) is 3. The van der Waals surface area contributed by atoms with Gasteiger partial charge in [-0.1, -0.05) is 0 Å². The van der Waals surface area contributed by atoms with Crippen molar-refractivity contribution in [1.82, 2.24) is 9.88 Å². The summed E-state index contributed by atoms with van der Waals surface area (Å²) in [5.74, 6) is -2.56. The van der Waals surface area contributed by atoms with Crippen LogP contribution in [0, 0.1) is 0 Å². The van der Waals surface area contributed by atoms with Crippen molar-refractivity contribution in [1.29, 1.82) is 0 Å². The molecule has 0 aliphatic heterocycles. The number of carboxylic acids is 2. The average molecular weight is 281 g/mol. The summed E-state index contributed by atoms with van der Waals surface area (Å²) in [5.41, 5.74) is 0.352. The van der Waals surface area contributed by atoms with Crippen molar-refractivity contribution in [3.8, 4) is 0 Å². The van der Waals surface area contributed by atoms with Crippen LogP contribution in [0.4, 0.5) is 5.82 Å². The summed E-state index contributed by atoms with van der Waals surface area (Å²) in [7, 11) is 3.20. The van der Waals surface area contributed by atoms with Crippen LogP contribution in [0.2, 0.25) is 0 Å². The standard InChI is InChI=1S/C12H15N3O5/c1-15(2)11(18)7-3-4-9(13-6-7)14-8(12(19)20)5-10(16)17/h3-4,6,8H,5H2,1-2H3,(H,13,14)(H,16,17)(H,19,20). The van der Waals surface area contributed by atoms with Gasteiger partial charge in [-0.15, -0.1) is 0 Å². The first-order valence-corrected chi connectivity index (χ1v) is 5.70. The van der Waals surface area contributed by atoms with Crippen molar-refractivity contribution in [3.05, 3.63) is 23.9 Å². The van der Waals surface area contributed by atoms with Gasteiger partial charge in [-0.05, 0) is 12.1 Å². The molecule has 3 N–H and O–H groups in total. The van der Waals surface area contributed by atoms with E-state index in [0.29, 0.717) is 5.56 Å². The number of rotatable bonds is 6. The van der Waals surface area contributed by atoms with Crippen LogP contribution in [-0.2, 0) is 9.59 Å². The van der Waals surface area contributed by atoms with E-state index in [1.54, 1.807) is 14.1 Å². The Bertz CT molecular complexity index is 512. The zero-order valence-electron chi connectivity index (χ0n) is 11.0. The monoisotopic (exact) mass is 281 g/mol. The second-order valence-corrected chi connectivity index (χ2v) is 4.26. The summed E-state index contributed by atoms with van der Waals surface area (Å²) in [6.45, 7) is 0. The van der Waals surface area contributed by atoms with Crippen molar-refractivity contribution < 1.29 is 24.6 Å². The van der Waals surface area contributed by atoms with Crippen molar-refractivity contribution >= 4 is 23.7 Å². The maximum atomic E-state index is 11.6. The number of hydrogen-bond acceptors (Lipinski definition) is 5. The van der Waals surface area contributed by atoms with Crippen molar-refractivity contribution in [2.45, 2.75) is 12.5 Å². The van der Waals surface area contributed by atoms with Gasteiger partial charge in [-0.25, -0.2) is 9.78 Å². The molecule has 20 heavy (non-hydrogen) atoms. The minimum Gasteiger partial charge on any atom is -0.481 e. The molecule has 108 valence electrons. The number of nitrogens with zero attached hydrogens (tertiary/aromatic N) is 2. The second kappa shape index (κ2) is 6.50. The first kappa shape index (κ1) is 15.4. The highest BCUT2D eigenvalue weighted by molar-refractivity contribution is 5.93. The Morgan fingerprint density at radius 2 is 1.95 bits per heavy atom. The van der Waals surface area contributed by atoms with Crippen LogP contribution in [0.5, 0.6) is 0 Å². The summed E-state index contributed by atoms with van der Waals surface area (Å²) < 4.78 is 0. The molecule has 1 atom stereocenters. The number of pyridine rings is 1. The van der Waals surface area contributed by atoms with E-state index < -0.39 is 24.4 Å². The Kier molecular flexibility index (Phi) is 5.01. The number of nitrogens with one attached hydrogen (secondary N) is 1. The summed E-state index contributed by atoms with van der Waals surface area (Å²) in [6.07, 6.45) is 0.722. The molecule has 1 rings (SSSR count). The molecule has 1 amide bonds. The third kappa shape index (κ3) is 4.23. The van der Waals surface area contributed by atoms with Crippen LogP contribution in [0.3, 0.4) is 0 Å². The van der Waals surface area contributed by atoms with Crippen LogP contribution in [0.1, 0.15) is 16.8 Å². The zero-order chi connectivity index (χ0) is 15.3. The Labute approximate surface area is 115 Å². The van der Waals surface area contributed by atoms with E-state index in [1.807, 2.05) is 0 Å². The summed E-state index contributed by atoms with van der Waals surface area (Å²) in [6, 6.07) is 1.63. The fourth-order valence-electron chi connectivity index (χ4n) is 1.42. The molecule has 0 bridgehead atoms. The maximum absolute atomic E-state index is 11.6. The lowest BCUT2D eigenvalue weighted by molar-refractivity contribution is -0.144. The third-order valence-corrected chi connectivity index (χ3v) is 2.42. The minimum atomic E-state index is -1.29. The number of aromatic nitrogens is 1. The molecule has 0 saturated heterocycles. The van der Waals surface area contributed by atoms with Gasteiger partial charge in [0.05, 0.1) is 12.0 Å². The van der Waals surface area contributed by atoms with E-state index in [0.717, 1.165) is 0 Å². The second-order valence-electron chi connectivity index (χ2n) is 4.26. The third-order valence-electron chi connectivity index (χ3n) is 2.42. The molecule has 1 unspecified atom stereocenters. The number of anilines is 1. The summed E-state index contributed by atoms with van der Waals surface area (Å²) >= 11 is 0. The lowest BCUT2D eigenvalue weighted by Gasteiger charge is -2.14. The average Bonchev–Trinajstić information content (AvgIpc) is 2.37. The number of carbonyl (C=O) groups excluding carboxylic acids is 1. The number of carboxylic acid groups (broad SMARTS) is 2. The molecular formula is C12H15N3O5. The molecule has 0 aliphatic rings. The van der Waals surface area contributed by atoms with Gasteiger partial charge in [-0.3, -0.25) is 9.59 Å². The van der Waals surface area contributed by atoms with Crippen molar-refractivity contribution in [2.75, 3.05) is 19.4 Å². The molecule has 0 spiro atoms. The topological polar surface area (TPSA) is 120 Å². The first-order chi connectivity index (χ1) is 9.31. The van der Waals surface area contributed by atoms with E-state index in [2.05, 4.69) is 10.3 Å². The summed E-state index contributed by atoms with van der Waals surface area (Å²) in [5, 5.41) is 20.0. The van der Waals surface area contributed by atoms with Crippen LogP contribution in [0.15, 0.2) is 18.3 Å². The van der Waals surface area contributed by atoms with Gasteiger partial charge in [0.15, 0.2) is 0 Å². The highest BCUT2D eigenvalue weighted by Gasteiger charge is 2.21.